The number of hydrogen-bond acceptors (Lipinski definition) is 4. The fourth-order valence-corrected chi connectivity index (χ4v) is 3.61. The van der Waals surface area contributed by atoms with E-state index in [1.807, 2.05) is 98.8 Å². The zero-order valence-corrected chi connectivity index (χ0v) is 19.2. The lowest BCUT2D eigenvalue weighted by Gasteiger charge is -2.10. The van der Waals surface area contributed by atoms with Crippen molar-refractivity contribution >= 4 is 11.8 Å². The van der Waals surface area contributed by atoms with Crippen LogP contribution in [0.5, 0.6) is 0 Å². The van der Waals surface area contributed by atoms with Gasteiger partial charge in [-0.2, -0.15) is 0 Å². The third-order valence-electron chi connectivity index (χ3n) is 5.40. The predicted molar refractivity (Wildman–Crippen MR) is 137 cm³/mol. The largest absolute Gasteiger partial charge is 0.290 e. The summed E-state index contributed by atoms with van der Waals surface area (Å²) in [6.45, 7) is 4.05. The highest BCUT2D eigenvalue weighted by molar-refractivity contribution is 6.01. The van der Waals surface area contributed by atoms with Crippen molar-refractivity contribution in [3.05, 3.63) is 119 Å². The minimum absolute atomic E-state index is 0.274. The fourth-order valence-electron chi connectivity index (χ4n) is 3.61. The number of nitrogens with one attached hydrogen (secondary N) is 2. The molecule has 6 heteroatoms. The summed E-state index contributed by atoms with van der Waals surface area (Å²) in [5, 5.41) is 0. The number of amides is 2. The summed E-state index contributed by atoms with van der Waals surface area (Å²) in [6.07, 6.45) is 0. The average molecular weight is 453 g/mol. The summed E-state index contributed by atoms with van der Waals surface area (Å²) in [4.78, 5) is 23.3. The first-order valence-electron chi connectivity index (χ1n) is 10.8. The SMILES string of the molecule is Cc1ccc(-c2ccccc2C(=O)NN)cc1.Cc1ccccc1-c1ccccc1C(=O)NN. The number of carbonyl (C=O) groups excluding carboxylic acids is 2. The van der Waals surface area contributed by atoms with Crippen molar-refractivity contribution in [1.82, 2.24) is 10.9 Å². The molecule has 0 saturated heterocycles. The Labute approximate surface area is 199 Å². The van der Waals surface area contributed by atoms with Gasteiger partial charge in [0.15, 0.2) is 0 Å². The monoisotopic (exact) mass is 452 g/mol. The first-order valence-corrected chi connectivity index (χ1v) is 10.8. The van der Waals surface area contributed by atoms with Crippen LogP contribution < -0.4 is 22.5 Å². The van der Waals surface area contributed by atoms with Crippen LogP contribution >= 0.6 is 0 Å². The van der Waals surface area contributed by atoms with Gasteiger partial charge in [-0.25, -0.2) is 11.7 Å². The van der Waals surface area contributed by atoms with Crippen LogP contribution in [0.15, 0.2) is 97.1 Å². The topological polar surface area (TPSA) is 110 Å². The lowest BCUT2D eigenvalue weighted by atomic mass is 9.96. The van der Waals surface area contributed by atoms with Crippen molar-refractivity contribution in [3.8, 4) is 22.3 Å². The van der Waals surface area contributed by atoms with Gasteiger partial charge in [0.05, 0.1) is 0 Å². The van der Waals surface area contributed by atoms with Gasteiger partial charge < -0.3 is 0 Å². The molecule has 4 rings (SSSR count). The smallest absolute Gasteiger partial charge is 0.265 e. The molecule has 0 aliphatic heterocycles. The average Bonchev–Trinajstić information content (AvgIpc) is 2.89. The first kappa shape index (κ1) is 24.4. The number of nitrogen functional groups attached to an aromatic ring is 2. The highest BCUT2D eigenvalue weighted by atomic mass is 16.2. The molecule has 0 unspecified atom stereocenters. The molecule has 0 aliphatic rings. The van der Waals surface area contributed by atoms with Crippen LogP contribution in [0.25, 0.3) is 22.3 Å². The second-order valence-corrected chi connectivity index (χ2v) is 7.72. The van der Waals surface area contributed by atoms with Gasteiger partial charge in [-0.1, -0.05) is 90.5 Å². The molecule has 0 fully saturated rings. The van der Waals surface area contributed by atoms with Crippen LogP contribution in [0.2, 0.25) is 0 Å². The van der Waals surface area contributed by atoms with Gasteiger partial charge in [-0.3, -0.25) is 20.4 Å². The Hall–Kier alpha value is -4.26. The number of nitrogens with two attached hydrogens (primary N) is 2. The molecule has 0 atom stereocenters. The molecule has 4 aromatic rings. The van der Waals surface area contributed by atoms with Crippen molar-refractivity contribution in [2.75, 3.05) is 0 Å². The quantitative estimate of drug-likeness (QED) is 0.207. The van der Waals surface area contributed by atoms with E-state index in [4.69, 9.17) is 11.7 Å². The Bertz CT molecular complexity index is 1280. The van der Waals surface area contributed by atoms with Crippen LogP contribution in [0.1, 0.15) is 31.8 Å². The number of rotatable bonds is 4. The Morgan fingerprint density at radius 1 is 0.559 bits per heavy atom. The molecule has 0 saturated carbocycles. The van der Waals surface area contributed by atoms with E-state index >= 15 is 0 Å². The maximum Gasteiger partial charge on any atom is 0.265 e. The van der Waals surface area contributed by atoms with Crippen molar-refractivity contribution in [3.63, 3.8) is 0 Å². The molecule has 0 heterocycles. The summed E-state index contributed by atoms with van der Waals surface area (Å²) in [7, 11) is 0. The van der Waals surface area contributed by atoms with E-state index in [1.54, 1.807) is 12.1 Å². The molecule has 0 aromatic heterocycles. The summed E-state index contributed by atoms with van der Waals surface area (Å²) < 4.78 is 0. The maximum absolute atomic E-state index is 11.7. The fraction of sp³-hybridized carbons (Fsp3) is 0.0714. The van der Waals surface area contributed by atoms with Crippen LogP contribution in [0, 0.1) is 13.8 Å². The third kappa shape index (κ3) is 5.75. The van der Waals surface area contributed by atoms with Crippen molar-refractivity contribution < 1.29 is 9.59 Å². The Kier molecular flexibility index (Phi) is 8.29. The number of aryl methyl sites for hydroxylation is 2. The number of hydrazine groups is 2. The highest BCUT2D eigenvalue weighted by Gasteiger charge is 2.12. The van der Waals surface area contributed by atoms with Gasteiger partial charge in [0, 0.05) is 11.1 Å². The van der Waals surface area contributed by atoms with E-state index in [0.29, 0.717) is 11.1 Å². The molecule has 34 heavy (non-hydrogen) atoms. The lowest BCUT2D eigenvalue weighted by Crippen LogP contribution is -2.30. The van der Waals surface area contributed by atoms with E-state index in [0.717, 1.165) is 27.8 Å². The molecule has 6 nitrogen and oxygen atoms in total. The molecule has 0 bridgehead atoms. The summed E-state index contributed by atoms with van der Waals surface area (Å²) in [5.74, 6) is 9.81. The molecule has 172 valence electrons. The second kappa shape index (κ2) is 11.6. The van der Waals surface area contributed by atoms with Crippen LogP contribution in [-0.4, -0.2) is 11.8 Å². The molecule has 0 radical (unpaired) electrons. The summed E-state index contributed by atoms with van der Waals surface area (Å²) in [5.41, 5.74) is 11.7. The van der Waals surface area contributed by atoms with Gasteiger partial charge in [0.25, 0.3) is 11.8 Å². The van der Waals surface area contributed by atoms with Gasteiger partial charge >= 0.3 is 0 Å². The van der Waals surface area contributed by atoms with Crippen LogP contribution in [0.4, 0.5) is 0 Å². The maximum atomic E-state index is 11.7. The Balaban J connectivity index is 0.000000191. The zero-order chi connectivity index (χ0) is 24.5. The molecule has 4 aromatic carbocycles. The minimum Gasteiger partial charge on any atom is -0.290 e. The number of hydrogen-bond donors (Lipinski definition) is 4. The van der Waals surface area contributed by atoms with Crippen LogP contribution in [0.3, 0.4) is 0 Å². The van der Waals surface area contributed by atoms with E-state index in [2.05, 4.69) is 10.9 Å². The van der Waals surface area contributed by atoms with E-state index in [1.165, 1.54) is 5.56 Å². The molecule has 0 aliphatic carbocycles. The van der Waals surface area contributed by atoms with E-state index < -0.39 is 0 Å². The van der Waals surface area contributed by atoms with Gasteiger partial charge in [-0.15, -0.1) is 0 Å². The Morgan fingerprint density at radius 3 is 1.53 bits per heavy atom. The van der Waals surface area contributed by atoms with Gasteiger partial charge in [0.1, 0.15) is 0 Å². The van der Waals surface area contributed by atoms with Crippen LogP contribution in [-0.2, 0) is 0 Å². The summed E-state index contributed by atoms with van der Waals surface area (Å²) in [6, 6.07) is 30.8. The summed E-state index contributed by atoms with van der Waals surface area (Å²) >= 11 is 0. The first-order chi connectivity index (χ1) is 16.5. The molecule has 0 spiro atoms. The molecular weight excluding hydrogens is 424 g/mol. The normalized spacial score (nSPS) is 10.0. The number of carbonyl (C=O) groups is 2. The minimum atomic E-state index is -0.277. The molecular formula is C28H28N4O2. The van der Waals surface area contributed by atoms with E-state index in [9.17, 15) is 9.59 Å². The predicted octanol–water partition coefficient (Wildman–Crippen LogP) is 4.53. The standard InChI is InChI=1S/2C14H14N2O/c1-10-6-2-3-7-11(10)12-8-4-5-9-13(12)14(17)16-15;1-10-6-8-11(9-7-10)12-4-2-3-5-13(12)14(17)16-15/h2*2-9H,15H2,1H3,(H,16,17). The van der Waals surface area contributed by atoms with Gasteiger partial charge in [-0.05, 0) is 53.8 Å². The van der Waals surface area contributed by atoms with Crippen molar-refractivity contribution in [2.45, 2.75) is 13.8 Å². The number of benzene rings is 4. The highest BCUT2D eigenvalue weighted by Crippen LogP contribution is 2.26. The molecule has 2 amide bonds. The second-order valence-electron chi connectivity index (χ2n) is 7.72. The lowest BCUT2D eigenvalue weighted by molar-refractivity contribution is 0.0946. The molecule has 6 N–H and O–H groups in total. The third-order valence-corrected chi connectivity index (χ3v) is 5.40. The Morgan fingerprint density at radius 2 is 1.00 bits per heavy atom. The van der Waals surface area contributed by atoms with E-state index in [-0.39, 0.29) is 11.8 Å². The van der Waals surface area contributed by atoms with Crippen molar-refractivity contribution in [2.24, 2.45) is 11.7 Å². The zero-order valence-electron chi connectivity index (χ0n) is 19.2. The van der Waals surface area contributed by atoms with Crippen molar-refractivity contribution in [1.29, 1.82) is 0 Å². The van der Waals surface area contributed by atoms with Gasteiger partial charge in [0.2, 0.25) is 0 Å².